The number of fused-ring (bicyclic) bond motifs is 1. The van der Waals surface area contributed by atoms with Crippen LogP contribution < -0.4 is 0 Å². The number of likely N-dealkylation sites (tertiary alicyclic amines) is 1. The molecule has 3 aromatic rings. The van der Waals surface area contributed by atoms with Crippen molar-refractivity contribution in [1.82, 2.24) is 24.2 Å². The van der Waals surface area contributed by atoms with Gasteiger partial charge in [0.1, 0.15) is 0 Å². The summed E-state index contributed by atoms with van der Waals surface area (Å²) < 4.78 is 4.33. The maximum Gasteiger partial charge on any atom is 0.0958 e. The van der Waals surface area contributed by atoms with Crippen LogP contribution in [-0.4, -0.2) is 43.9 Å². The molecule has 1 aromatic carbocycles. The first kappa shape index (κ1) is 15.4. The number of imidazole rings is 1. The molecule has 2 aromatic heterocycles. The van der Waals surface area contributed by atoms with Gasteiger partial charge in [0.15, 0.2) is 0 Å². The van der Waals surface area contributed by atoms with E-state index in [2.05, 4.69) is 48.6 Å². The van der Waals surface area contributed by atoms with Crippen LogP contribution in [0.1, 0.15) is 19.3 Å². The summed E-state index contributed by atoms with van der Waals surface area (Å²) in [4.78, 5) is 7.08. The summed E-state index contributed by atoms with van der Waals surface area (Å²) in [5.74, 6) is 0.847. The molecule has 24 heavy (non-hydrogen) atoms. The van der Waals surface area contributed by atoms with Crippen molar-refractivity contribution in [2.24, 2.45) is 5.92 Å². The highest BCUT2D eigenvalue weighted by Gasteiger charge is 2.19. The number of aromatic nitrogens is 4. The summed E-state index contributed by atoms with van der Waals surface area (Å²) in [5.41, 5.74) is 2.33. The Morgan fingerprint density at radius 3 is 2.71 bits per heavy atom. The maximum atomic E-state index is 4.48. The molecule has 0 bridgehead atoms. The van der Waals surface area contributed by atoms with Gasteiger partial charge in [0.05, 0.1) is 17.4 Å². The van der Waals surface area contributed by atoms with Crippen LogP contribution in [0.5, 0.6) is 0 Å². The Morgan fingerprint density at radius 1 is 1.00 bits per heavy atom. The number of rotatable bonds is 6. The van der Waals surface area contributed by atoms with Crippen LogP contribution in [0, 0.1) is 5.92 Å². The molecule has 1 aliphatic rings. The van der Waals surface area contributed by atoms with Crippen molar-refractivity contribution in [2.75, 3.05) is 19.6 Å². The van der Waals surface area contributed by atoms with E-state index in [0.29, 0.717) is 0 Å². The summed E-state index contributed by atoms with van der Waals surface area (Å²) in [6, 6.07) is 10.4. The number of benzene rings is 1. The topological polar surface area (TPSA) is 38.9 Å². The lowest BCUT2D eigenvalue weighted by molar-refractivity contribution is 0.170. The predicted octanol–water partition coefficient (Wildman–Crippen LogP) is 3.04. The van der Waals surface area contributed by atoms with E-state index in [1.54, 1.807) is 0 Å². The summed E-state index contributed by atoms with van der Waals surface area (Å²) in [6.45, 7) is 5.64. The zero-order chi connectivity index (χ0) is 16.2. The zero-order valence-electron chi connectivity index (χ0n) is 14.1. The first-order chi connectivity index (χ1) is 11.9. The minimum Gasteiger partial charge on any atom is -0.329 e. The highest BCUT2D eigenvalue weighted by atomic mass is 15.3. The average Bonchev–Trinajstić information content (AvgIpc) is 3.29. The largest absolute Gasteiger partial charge is 0.329 e. The Morgan fingerprint density at radius 2 is 1.88 bits per heavy atom. The van der Waals surface area contributed by atoms with Crippen molar-refractivity contribution in [2.45, 2.75) is 32.4 Å². The van der Waals surface area contributed by atoms with E-state index in [0.717, 1.165) is 31.1 Å². The molecule has 5 nitrogen and oxygen atoms in total. The molecule has 0 N–H and O–H groups in total. The van der Waals surface area contributed by atoms with Gasteiger partial charge in [0.2, 0.25) is 0 Å². The van der Waals surface area contributed by atoms with Crippen LogP contribution in [0.15, 0.2) is 49.1 Å². The molecule has 3 heterocycles. The van der Waals surface area contributed by atoms with Gasteiger partial charge in [-0.15, -0.1) is 0 Å². The van der Waals surface area contributed by atoms with E-state index < -0.39 is 0 Å². The zero-order valence-corrected chi connectivity index (χ0v) is 14.1. The van der Waals surface area contributed by atoms with Crippen molar-refractivity contribution in [3.8, 4) is 0 Å². The van der Waals surface area contributed by atoms with Crippen LogP contribution >= 0.6 is 0 Å². The molecule has 1 aliphatic heterocycles. The minimum absolute atomic E-state index is 0.847. The van der Waals surface area contributed by atoms with E-state index in [-0.39, 0.29) is 0 Å². The van der Waals surface area contributed by atoms with Crippen molar-refractivity contribution < 1.29 is 0 Å². The van der Waals surface area contributed by atoms with Gasteiger partial charge < -0.3 is 9.47 Å². The van der Waals surface area contributed by atoms with E-state index in [1.165, 1.54) is 37.9 Å². The molecular weight excluding hydrogens is 298 g/mol. The van der Waals surface area contributed by atoms with Crippen LogP contribution in [0.2, 0.25) is 0 Å². The average molecular weight is 323 g/mol. The minimum atomic E-state index is 0.847. The number of nitrogens with zero attached hydrogens (tertiary/aromatic N) is 5. The second-order valence-corrected chi connectivity index (χ2v) is 6.77. The third kappa shape index (κ3) is 3.51. The Kier molecular flexibility index (Phi) is 4.60. The van der Waals surface area contributed by atoms with Gasteiger partial charge >= 0.3 is 0 Å². The molecule has 4 rings (SSSR count). The molecule has 1 saturated heterocycles. The second-order valence-electron chi connectivity index (χ2n) is 6.77. The quantitative estimate of drug-likeness (QED) is 0.700. The summed E-state index contributed by atoms with van der Waals surface area (Å²) >= 11 is 0. The molecule has 126 valence electrons. The molecule has 0 unspecified atom stereocenters. The molecule has 0 aliphatic carbocycles. The smallest absolute Gasteiger partial charge is 0.0958 e. The van der Waals surface area contributed by atoms with Gasteiger partial charge in [0, 0.05) is 32.0 Å². The fraction of sp³-hybridized carbons (Fsp3) is 0.474. The van der Waals surface area contributed by atoms with Crippen molar-refractivity contribution >= 4 is 11.0 Å². The molecular formula is C19H25N5. The number of hydrogen-bond acceptors (Lipinski definition) is 3. The number of aryl methyl sites for hydroxylation is 1. The van der Waals surface area contributed by atoms with E-state index >= 15 is 0 Å². The molecule has 0 atom stereocenters. The third-order valence-corrected chi connectivity index (χ3v) is 5.22. The van der Waals surface area contributed by atoms with Crippen molar-refractivity contribution in [3.63, 3.8) is 0 Å². The van der Waals surface area contributed by atoms with Crippen LogP contribution in [0.4, 0.5) is 0 Å². The summed E-state index contributed by atoms with van der Waals surface area (Å²) in [6.07, 6.45) is 9.77. The van der Waals surface area contributed by atoms with E-state index in [1.807, 2.05) is 24.7 Å². The maximum absolute atomic E-state index is 4.48. The first-order valence-electron chi connectivity index (χ1n) is 8.98. The van der Waals surface area contributed by atoms with Crippen LogP contribution in [0.3, 0.4) is 0 Å². The van der Waals surface area contributed by atoms with Gasteiger partial charge in [-0.05, 0) is 56.5 Å². The van der Waals surface area contributed by atoms with Gasteiger partial charge in [-0.1, -0.05) is 12.1 Å². The molecule has 0 radical (unpaired) electrons. The standard InChI is InChI=1S/C19H25N5/c1-2-5-19-18(4-1)20-16-23(19)15-14-22-11-6-17(7-12-22)8-13-24-10-3-9-21-24/h1-5,9-10,16-17H,6-8,11-15H2. The summed E-state index contributed by atoms with van der Waals surface area (Å²) in [5, 5.41) is 4.30. The monoisotopic (exact) mass is 323 g/mol. The summed E-state index contributed by atoms with van der Waals surface area (Å²) in [7, 11) is 0. The Bertz CT molecular complexity index is 753. The molecule has 0 spiro atoms. The fourth-order valence-electron chi connectivity index (χ4n) is 3.68. The van der Waals surface area contributed by atoms with Crippen molar-refractivity contribution in [3.05, 3.63) is 49.1 Å². The SMILES string of the molecule is c1ccc2c(c1)ncn2CCN1CCC(CCn2cccn2)CC1. The number of hydrogen-bond donors (Lipinski definition) is 0. The molecule has 0 saturated carbocycles. The molecule has 1 fully saturated rings. The Balaban J connectivity index is 1.23. The van der Waals surface area contributed by atoms with Gasteiger partial charge in [-0.2, -0.15) is 5.10 Å². The molecule has 5 heteroatoms. The Hall–Kier alpha value is -2.14. The van der Waals surface area contributed by atoms with Gasteiger partial charge in [-0.25, -0.2) is 4.98 Å². The van der Waals surface area contributed by atoms with Crippen LogP contribution in [0.25, 0.3) is 11.0 Å². The Labute approximate surface area is 142 Å². The lowest BCUT2D eigenvalue weighted by Crippen LogP contribution is -2.36. The van der Waals surface area contributed by atoms with E-state index in [4.69, 9.17) is 0 Å². The van der Waals surface area contributed by atoms with Gasteiger partial charge in [0.25, 0.3) is 0 Å². The van der Waals surface area contributed by atoms with Crippen molar-refractivity contribution in [1.29, 1.82) is 0 Å². The second kappa shape index (κ2) is 7.18. The normalized spacial score (nSPS) is 16.8. The fourth-order valence-corrected chi connectivity index (χ4v) is 3.68. The number of piperidine rings is 1. The molecule has 0 amide bonds. The highest BCUT2D eigenvalue weighted by Crippen LogP contribution is 2.21. The highest BCUT2D eigenvalue weighted by molar-refractivity contribution is 5.74. The van der Waals surface area contributed by atoms with E-state index in [9.17, 15) is 0 Å². The van der Waals surface area contributed by atoms with Crippen LogP contribution in [-0.2, 0) is 13.1 Å². The number of para-hydroxylation sites is 2. The third-order valence-electron chi connectivity index (χ3n) is 5.22. The van der Waals surface area contributed by atoms with Gasteiger partial charge in [-0.3, -0.25) is 4.68 Å². The predicted molar refractivity (Wildman–Crippen MR) is 95.7 cm³/mol. The lowest BCUT2D eigenvalue weighted by atomic mass is 9.93. The first-order valence-corrected chi connectivity index (χ1v) is 8.98. The lowest BCUT2D eigenvalue weighted by Gasteiger charge is -2.32.